The zero-order valence-electron chi connectivity index (χ0n) is 16.8. The molecule has 0 saturated carbocycles. The van der Waals surface area contributed by atoms with Gasteiger partial charge in [0.2, 0.25) is 0 Å². The first-order valence-electron chi connectivity index (χ1n) is 9.77. The molecule has 6 nitrogen and oxygen atoms in total. The van der Waals surface area contributed by atoms with E-state index in [9.17, 15) is 21.6 Å². The second kappa shape index (κ2) is 10.3. The van der Waals surface area contributed by atoms with Crippen LogP contribution in [0.2, 0.25) is 0 Å². The number of piperazine rings is 1. The third kappa shape index (κ3) is 6.88. The Hall–Kier alpha value is -1.81. The van der Waals surface area contributed by atoms with Crippen molar-refractivity contribution in [2.45, 2.75) is 37.4 Å². The van der Waals surface area contributed by atoms with Crippen molar-refractivity contribution in [1.29, 1.82) is 0 Å². The summed E-state index contributed by atoms with van der Waals surface area (Å²) in [7, 11) is -3.34. The molecule has 1 fully saturated rings. The minimum atomic E-state index is -4.23. The minimum Gasteiger partial charge on any atom is -0.357 e. The molecule has 1 N–H and O–H groups in total. The van der Waals surface area contributed by atoms with Crippen LogP contribution in [0.4, 0.5) is 13.2 Å². The molecule has 1 atom stereocenters. The number of aliphatic imine (C=N–C) groups is 1. The molecular formula is C19H29F3N4O2S. The standard InChI is InChI=1S/C19H29F3N4O2S/c1-3-23-18(26-13-11-25(12-14-26)16(2)19(20,21)22)24-10-7-15-29(27,28)17-8-5-4-6-9-17/h4-6,8-9,16H,3,7,10-15H2,1-2H3,(H,23,24). The van der Waals surface area contributed by atoms with Gasteiger partial charge in [0.1, 0.15) is 6.04 Å². The summed E-state index contributed by atoms with van der Waals surface area (Å²) < 4.78 is 63.3. The van der Waals surface area contributed by atoms with Crippen molar-refractivity contribution < 1.29 is 21.6 Å². The number of hydrogen-bond donors (Lipinski definition) is 1. The predicted molar refractivity (Wildman–Crippen MR) is 108 cm³/mol. The molecule has 0 aromatic heterocycles. The van der Waals surface area contributed by atoms with E-state index in [-0.39, 0.29) is 5.75 Å². The molecule has 2 rings (SSSR count). The van der Waals surface area contributed by atoms with E-state index >= 15 is 0 Å². The third-order valence-electron chi connectivity index (χ3n) is 4.91. The van der Waals surface area contributed by atoms with E-state index in [1.807, 2.05) is 11.8 Å². The van der Waals surface area contributed by atoms with Gasteiger partial charge in [-0.2, -0.15) is 13.2 Å². The number of rotatable bonds is 7. The van der Waals surface area contributed by atoms with E-state index in [0.717, 1.165) is 0 Å². The average Bonchev–Trinajstić information content (AvgIpc) is 2.70. The van der Waals surface area contributed by atoms with E-state index in [1.165, 1.54) is 11.8 Å². The number of benzene rings is 1. The maximum Gasteiger partial charge on any atom is 0.403 e. The van der Waals surface area contributed by atoms with Gasteiger partial charge in [0.05, 0.1) is 10.6 Å². The van der Waals surface area contributed by atoms with Crippen molar-refractivity contribution in [3.8, 4) is 0 Å². The van der Waals surface area contributed by atoms with Crippen molar-refractivity contribution in [1.82, 2.24) is 15.1 Å². The first-order valence-corrected chi connectivity index (χ1v) is 11.4. The second-order valence-corrected chi connectivity index (χ2v) is 9.07. The van der Waals surface area contributed by atoms with Gasteiger partial charge in [0.15, 0.2) is 15.8 Å². The van der Waals surface area contributed by atoms with E-state index in [2.05, 4.69) is 10.3 Å². The van der Waals surface area contributed by atoms with E-state index in [1.54, 1.807) is 30.3 Å². The summed E-state index contributed by atoms with van der Waals surface area (Å²) in [6.07, 6.45) is -3.86. The number of nitrogens with zero attached hydrogens (tertiary/aromatic N) is 3. The Morgan fingerprint density at radius 3 is 2.34 bits per heavy atom. The summed E-state index contributed by atoms with van der Waals surface area (Å²) in [6.45, 7) is 5.53. The number of alkyl halides is 3. The van der Waals surface area contributed by atoms with Crippen molar-refractivity contribution in [3.05, 3.63) is 30.3 Å². The maximum absolute atomic E-state index is 12.9. The second-order valence-electron chi connectivity index (χ2n) is 6.96. The topological polar surface area (TPSA) is 65.0 Å². The highest BCUT2D eigenvalue weighted by atomic mass is 32.2. The van der Waals surface area contributed by atoms with Gasteiger partial charge < -0.3 is 10.2 Å². The van der Waals surface area contributed by atoms with Crippen LogP contribution in [0.25, 0.3) is 0 Å². The van der Waals surface area contributed by atoms with Crippen LogP contribution >= 0.6 is 0 Å². The van der Waals surface area contributed by atoms with E-state index in [0.29, 0.717) is 56.5 Å². The highest BCUT2D eigenvalue weighted by Crippen LogP contribution is 2.25. The fraction of sp³-hybridized carbons (Fsp3) is 0.632. The molecule has 1 saturated heterocycles. The molecule has 0 aliphatic carbocycles. The van der Waals surface area contributed by atoms with Crippen LogP contribution < -0.4 is 5.32 Å². The Morgan fingerprint density at radius 1 is 1.17 bits per heavy atom. The van der Waals surface area contributed by atoms with Gasteiger partial charge in [-0.05, 0) is 32.4 Å². The van der Waals surface area contributed by atoms with Gasteiger partial charge in [-0.25, -0.2) is 8.42 Å². The lowest BCUT2D eigenvalue weighted by molar-refractivity contribution is -0.181. The van der Waals surface area contributed by atoms with Crippen LogP contribution in [0.3, 0.4) is 0 Å². The highest BCUT2D eigenvalue weighted by Gasteiger charge is 2.41. The Balaban J connectivity index is 1.89. The lowest BCUT2D eigenvalue weighted by Crippen LogP contribution is -2.56. The average molecular weight is 435 g/mol. The number of guanidine groups is 1. The van der Waals surface area contributed by atoms with E-state index in [4.69, 9.17) is 0 Å². The molecule has 10 heteroatoms. The number of hydrogen-bond acceptors (Lipinski definition) is 4. The van der Waals surface area contributed by atoms with Crippen molar-refractivity contribution in [3.63, 3.8) is 0 Å². The molecule has 29 heavy (non-hydrogen) atoms. The Labute approximate surface area is 170 Å². The fourth-order valence-electron chi connectivity index (χ4n) is 3.14. The summed E-state index contributed by atoms with van der Waals surface area (Å²) in [6, 6.07) is 6.82. The van der Waals surface area contributed by atoms with Gasteiger partial charge in [-0.1, -0.05) is 18.2 Å². The third-order valence-corrected chi connectivity index (χ3v) is 6.72. The minimum absolute atomic E-state index is 0.00318. The smallest absolute Gasteiger partial charge is 0.357 e. The molecule has 1 aromatic rings. The Bertz CT molecular complexity index is 761. The largest absolute Gasteiger partial charge is 0.403 e. The number of nitrogens with one attached hydrogen (secondary N) is 1. The SMILES string of the molecule is CCNC(=NCCCS(=O)(=O)c1ccccc1)N1CCN(C(C)C(F)(F)F)CC1. The molecule has 0 amide bonds. The molecule has 0 bridgehead atoms. The summed E-state index contributed by atoms with van der Waals surface area (Å²) in [5, 5.41) is 3.14. The summed E-state index contributed by atoms with van der Waals surface area (Å²) in [5.74, 6) is 0.612. The normalized spacial score (nSPS) is 18.0. The highest BCUT2D eigenvalue weighted by molar-refractivity contribution is 7.91. The lowest BCUT2D eigenvalue weighted by atomic mass is 10.2. The number of halogens is 3. The molecule has 1 aliphatic rings. The van der Waals surface area contributed by atoms with Crippen LogP contribution in [0, 0.1) is 0 Å². The van der Waals surface area contributed by atoms with Gasteiger partial charge in [-0.15, -0.1) is 0 Å². The van der Waals surface area contributed by atoms with Crippen molar-refractivity contribution >= 4 is 15.8 Å². The number of sulfone groups is 1. The molecule has 164 valence electrons. The van der Waals surface area contributed by atoms with Crippen LogP contribution in [-0.2, 0) is 9.84 Å². The van der Waals surface area contributed by atoms with Crippen molar-refractivity contribution in [2.24, 2.45) is 4.99 Å². The van der Waals surface area contributed by atoms with Gasteiger partial charge >= 0.3 is 6.18 Å². The van der Waals surface area contributed by atoms with Crippen LogP contribution in [0.5, 0.6) is 0 Å². The quantitative estimate of drug-likeness (QED) is 0.406. The maximum atomic E-state index is 12.9. The summed E-state index contributed by atoms with van der Waals surface area (Å²) >= 11 is 0. The first kappa shape index (κ1) is 23.5. The van der Waals surface area contributed by atoms with Crippen LogP contribution in [0.1, 0.15) is 20.3 Å². The molecular weight excluding hydrogens is 405 g/mol. The van der Waals surface area contributed by atoms with E-state index < -0.39 is 22.1 Å². The summed E-state index contributed by atoms with van der Waals surface area (Å²) in [4.78, 5) is 8.12. The zero-order valence-corrected chi connectivity index (χ0v) is 17.6. The van der Waals surface area contributed by atoms with Gasteiger partial charge in [-0.3, -0.25) is 9.89 Å². The molecule has 1 aromatic carbocycles. The van der Waals surface area contributed by atoms with Gasteiger partial charge in [0, 0.05) is 39.3 Å². The monoisotopic (exact) mass is 434 g/mol. The molecule has 1 heterocycles. The predicted octanol–water partition coefficient (Wildman–Crippen LogP) is 2.38. The Morgan fingerprint density at radius 2 is 1.79 bits per heavy atom. The molecule has 0 spiro atoms. The lowest BCUT2D eigenvalue weighted by Gasteiger charge is -2.39. The van der Waals surface area contributed by atoms with Crippen molar-refractivity contribution in [2.75, 3.05) is 45.0 Å². The van der Waals surface area contributed by atoms with Crippen LogP contribution in [0.15, 0.2) is 40.2 Å². The molecule has 1 unspecified atom stereocenters. The molecule has 1 aliphatic heterocycles. The van der Waals surface area contributed by atoms with Gasteiger partial charge in [0.25, 0.3) is 0 Å². The Kier molecular flexibility index (Phi) is 8.33. The molecule has 0 radical (unpaired) electrons. The fourth-order valence-corrected chi connectivity index (χ4v) is 4.46. The zero-order chi connectivity index (χ0) is 21.5. The summed E-state index contributed by atoms with van der Waals surface area (Å²) in [5.41, 5.74) is 0. The van der Waals surface area contributed by atoms with Crippen LogP contribution in [-0.4, -0.2) is 81.4 Å². The first-order chi connectivity index (χ1) is 13.6.